The molecule has 0 aromatic heterocycles. The Balaban J connectivity index is 2.08. The van der Waals surface area contributed by atoms with Gasteiger partial charge in [-0.1, -0.05) is 25.5 Å². The quantitative estimate of drug-likeness (QED) is 0.882. The molecular weight excluding hydrogens is 248 g/mol. The van der Waals surface area contributed by atoms with Gasteiger partial charge in [0, 0.05) is 6.04 Å². The lowest BCUT2D eigenvalue weighted by molar-refractivity contribution is 0.576. The van der Waals surface area contributed by atoms with Gasteiger partial charge in [-0.15, -0.1) is 0 Å². The summed E-state index contributed by atoms with van der Waals surface area (Å²) < 4.78 is 26.8. The lowest BCUT2D eigenvalue weighted by Gasteiger charge is -2.06. The van der Waals surface area contributed by atoms with Crippen molar-refractivity contribution in [3.8, 4) is 6.07 Å². The SMILES string of the molecule is CCC1CC1NS(=O)(=O)c1ccc(CC#N)cc1. The fourth-order valence-corrected chi connectivity index (χ4v) is 3.31. The van der Waals surface area contributed by atoms with Crippen molar-refractivity contribution in [3.63, 3.8) is 0 Å². The van der Waals surface area contributed by atoms with Gasteiger partial charge in [0.15, 0.2) is 0 Å². The number of rotatable bonds is 5. The van der Waals surface area contributed by atoms with Crippen LogP contribution in [-0.4, -0.2) is 14.5 Å². The molecule has 1 aromatic carbocycles. The molecule has 96 valence electrons. The summed E-state index contributed by atoms with van der Waals surface area (Å²) in [7, 11) is -3.40. The molecule has 1 saturated carbocycles. The summed E-state index contributed by atoms with van der Waals surface area (Å²) in [5.74, 6) is 0.484. The molecule has 0 saturated heterocycles. The van der Waals surface area contributed by atoms with Crippen LogP contribution in [0.2, 0.25) is 0 Å². The zero-order valence-electron chi connectivity index (χ0n) is 10.3. The average Bonchev–Trinajstić information content (AvgIpc) is 3.08. The highest BCUT2D eigenvalue weighted by atomic mass is 32.2. The van der Waals surface area contributed by atoms with E-state index in [0.717, 1.165) is 18.4 Å². The molecule has 18 heavy (non-hydrogen) atoms. The topological polar surface area (TPSA) is 70.0 Å². The first-order valence-electron chi connectivity index (χ1n) is 6.05. The summed E-state index contributed by atoms with van der Waals surface area (Å²) in [5.41, 5.74) is 0.828. The Morgan fingerprint density at radius 1 is 1.39 bits per heavy atom. The van der Waals surface area contributed by atoms with Crippen LogP contribution in [0.5, 0.6) is 0 Å². The minimum absolute atomic E-state index is 0.0961. The van der Waals surface area contributed by atoms with Crippen molar-refractivity contribution in [1.82, 2.24) is 4.72 Å². The average molecular weight is 264 g/mol. The van der Waals surface area contributed by atoms with E-state index in [-0.39, 0.29) is 10.9 Å². The maximum Gasteiger partial charge on any atom is 0.240 e. The number of nitrogens with one attached hydrogen (secondary N) is 1. The van der Waals surface area contributed by atoms with Crippen molar-refractivity contribution < 1.29 is 8.42 Å². The van der Waals surface area contributed by atoms with Gasteiger partial charge in [-0.3, -0.25) is 0 Å². The van der Waals surface area contributed by atoms with Crippen molar-refractivity contribution in [2.45, 2.75) is 37.1 Å². The minimum atomic E-state index is -3.40. The third kappa shape index (κ3) is 2.89. The largest absolute Gasteiger partial charge is 0.240 e. The van der Waals surface area contributed by atoms with Gasteiger partial charge in [0.1, 0.15) is 0 Å². The predicted octanol–water partition coefficient (Wildman–Crippen LogP) is 1.83. The van der Waals surface area contributed by atoms with Gasteiger partial charge in [-0.05, 0) is 30.0 Å². The summed E-state index contributed by atoms with van der Waals surface area (Å²) in [6, 6.07) is 8.60. The van der Waals surface area contributed by atoms with E-state index in [9.17, 15) is 8.42 Å². The van der Waals surface area contributed by atoms with Crippen molar-refractivity contribution in [2.75, 3.05) is 0 Å². The number of sulfonamides is 1. The van der Waals surface area contributed by atoms with E-state index in [1.54, 1.807) is 24.3 Å². The fraction of sp³-hybridized carbons (Fsp3) is 0.462. The van der Waals surface area contributed by atoms with Crippen LogP contribution < -0.4 is 4.72 Å². The van der Waals surface area contributed by atoms with Crippen molar-refractivity contribution in [3.05, 3.63) is 29.8 Å². The Morgan fingerprint density at radius 2 is 2.06 bits per heavy atom. The molecule has 0 bridgehead atoms. The van der Waals surface area contributed by atoms with Gasteiger partial charge in [0.25, 0.3) is 0 Å². The van der Waals surface area contributed by atoms with Gasteiger partial charge in [-0.25, -0.2) is 13.1 Å². The van der Waals surface area contributed by atoms with Gasteiger partial charge >= 0.3 is 0 Å². The minimum Gasteiger partial charge on any atom is -0.208 e. The third-order valence-electron chi connectivity index (χ3n) is 3.27. The summed E-state index contributed by atoms with van der Waals surface area (Å²) in [5, 5.41) is 8.55. The molecular formula is C13H16N2O2S. The second-order valence-corrected chi connectivity index (χ2v) is 6.32. The van der Waals surface area contributed by atoms with Crippen LogP contribution in [0.3, 0.4) is 0 Å². The molecule has 1 N–H and O–H groups in total. The number of hydrogen-bond donors (Lipinski definition) is 1. The molecule has 1 aromatic rings. The summed E-state index contributed by atoms with van der Waals surface area (Å²) >= 11 is 0. The van der Waals surface area contributed by atoms with Gasteiger partial charge in [0.2, 0.25) is 10.0 Å². The molecule has 4 nitrogen and oxygen atoms in total. The first-order chi connectivity index (χ1) is 8.56. The Hall–Kier alpha value is -1.38. The molecule has 1 aliphatic carbocycles. The normalized spacial score (nSPS) is 22.4. The van der Waals surface area contributed by atoms with Gasteiger partial charge < -0.3 is 0 Å². The van der Waals surface area contributed by atoms with Crippen LogP contribution in [0.15, 0.2) is 29.2 Å². The smallest absolute Gasteiger partial charge is 0.208 e. The number of nitrogens with zero attached hydrogens (tertiary/aromatic N) is 1. The molecule has 0 aliphatic heterocycles. The Kier molecular flexibility index (Phi) is 3.69. The fourth-order valence-electron chi connectivity index (χ4n) is 1.99. The van der Waals surface area contributed by atoms with E-state index in [0.29, 0.717) is 12.3 Å². The maximum atomic E-state index is 12.0. The first kappa shape index (κ1) is 13.1. The summed E-state index contributed by atoms with van der Waals surface area (Å²) in [4.78, 5) is 0.269. The predicted molar refractivity (Wildman–Crippen MR) is 68.3 cm³/mol. The van der Waals surface area contributed by atoms with Crippen LogP contribution in [0, 0.1) is 17.2 Å². The Labute approximate surface area is 108 Å². The number of hydrogen-bond acceptors (Lipinski definition) is 3. The molecule has 0 spiro atoms. The van der Waals surface area contributed by atoms with Crippen LogP contribution in [0.1, 0.15) is 25.3 Å². The lowest BCUT2D eigenvalue weighted by Crippen LogP contribution is -2.27. The summed E-state index contributed by atoms with van der Waals surface area (Å²) in [6.45, 7) is 2.07. The van der Waals surface area contributed by atoms with Crippen LogP contribution in [0.25, 0.3) is 0 Å². The van der Waals surface area contributed by atoms with E-state index in [1.165, 1.54) is 0 Å². The third-order valence-corrected chi connectivity index (χ3v) is 4.78. The lowest BCUT2D eigenvalue weighted by atomic mass is 10.2. The van der Waals surface area contributed by atoms with E-state index >= 15 is 0 Å². The molecule has 0 heterocycles. The molecule has 2 unspecified atom stereocenters. The molecule has 2 rings (SSSR count). The highest BCUT2D eigenvalue weighted by Gasteiger charge is 2.38. The van der Waals surface area contributed by atoms with Crippen molar-refractivity contribution >= 4 is 10.0 Å². The molecule has 1 fully saturated rings. The maximum absolute atomic E-state index is 12.0. The van der Waals surface area contributed by atoms with E-state index < -0.39 is 10.0 Å². The van der Waals surface area contributed by atoms with Crippen molar-refractivity contribution in [2.24, 2.45) is 5.92 Å². The van der Waals surface area contributed by atoms with Crippen molar-refractivity contribution in [1.29, 1.82) is 5.26 Å². The van der Waals surface area contributed by atoms with E-state index in [2.05, 4.69) is 11.6 Å². The highest BCUT2D eigenvalue weighted by Crippen LogP contribution is 2.34. The zero-order chi connectivity index (χ0) is 13.2. The monoisotopic (exact) mass is 264 g/mol. The zero-order valence-corrected chi connectivity index (χ0v) is 11.1. The second-order valence-electron chi connectivity index (χ2n) is 4.61. The Morgan fingerprint density at radius 3 is 2.56 bits per heavy atom. The van der Waals surface area contributed by atoms with E-state index in [4.69, 9.17) is 5.26 Å². The summed E-state index contributed by atoms with van der Waals surface area (Å²) in [6.07, 6.45) is 2.24. The van der Waals surface area contributed by atoms with Gasteiger partial charge in [-0.2, -0.15) is 5.26 Å². The van der Waals surface area contributed by atoms with Gasteiger partial charge in [0.05, 0.1) is 17.4 Å². The number of nitriles is 1. The number of benzene rings is 1. The molecule has 2 atom stereocenters. The molecule has 0 radical (unpaired) electrons. The standard InChI is InChI=1S/C13H16N2O2S/c1-2-11-9-13(11)15-18(16,17)12-5-3-10(4-6-12)7-8-14/h3-6,11,13,15H,2,7,9H2,1H3. The van der Waals surface area contributed by atoms with Crippen LogP contribution in [-0.2, 0) is 16.4 Å². The Bertz CT molecular complexity index is 558. The first-order valence-corrected chi connectivity index (χ1v) is 7.53. The van der Waals surface area contributed by atoms with E-state index in [1.807, 2.05) is 6.07 Å². The molecule has 5 heteroatoms. The van der Waals surface area contributed by atoms with Crippen LogP contribution >= 0.6 is 0 Å². The second kappa shape index (κ2) is 5.09. The molecule has 0 amide bonds. The molecule has 1 aliphatic rings. The van der Waals surface area contributed by atoms with Crippen LogP contribution in [0.4, 0.5) is 0 Å². The highest BCUT2D eigenvalue weighted by molar-refractivity contribution is 7.89.